The van der Waals surface area contributed by atoms with Gasteiger partial charge in [-0.2, -0.15) is 0 Å². The third kappa shape index (κ3) is 4.51. The van der Waals surface area contributed by atoms with Crippen molar-refractivity contribution in [3.63, 3.8) is 0 Å². The van der Waals surface area contributed by atoms with E-state index in [1.807, 2.05) is 0 Å². The number of ether oxygens (including phenoxy) is 5. The van der Waals surface area contributed by atoms with Crippen LogP contribution in [0.5, 0.6) is 23.0 Å². The Labute approximate surface area is 199 Å². The Morgan fingerprint density at radius 2 is 1.54 bits per heavy atom. The number of benzene rings is 2. The zero-order valence-electron chi connectivity index (χ0n) is 19.2. The van der Waals surface area contributed by atoms with Crippen LogP contribution in [0.1, 0.15) is 0 Å². The van der Waals surface area contributed by atoms with Gasteiger partial charge >= 0.3 is 0 Å². The summed E-state index contributed by atoms with van der Waals surface area (Å²) in [6.07, 6.45) is -6.04. The lowest BCUT2D eigenvalue weighted by atomic mass is 9.99. The third-order valence-corrected chi connectivity index (χ3v) is 5.84. The number of fused-ring (bicyclic) bond motifs is 1. The molecule has 11 heteroatoms. The highest BCUT2D eigenvalue weighted by molar-refractivity contribution is 5.85. The molecule has 0 amide bonds. The van der Waals surface area contributed by atoms with Crippen molar-refractivity contribution in [1.29, 1.82) is 0 Å². The molecule has 1 aromatic heterocycles. The summed E-state index contributed by atoms with van der Waals surface area (Å²) in [7, 11) is 4.37. The van der Waals surface area contributed by atoms with Crippen LogP contribution in [-0.2, 0) is 4.74 Å². The number of methoxy groups -OCH3 is 3. The maximum absolute atomic E-state index is 13.3. The first-order valence-electron chi connectivity index (χ1n) is 10.7. The molecule has 188 valence electrons. The van der Waals surface area contributed by atoms with E-state index in [9.17, 15) is 25.2 Å². The number of aliphatic hydroxyl groups is 4. The van der Waals surface area contributed by atoms with E-state index in [0.717, 1.165) is 0 Å². The minimum atomic E-state index is -1.62. The topological polar surface area (TPSA) is 157 Å². The molecule has 2 heterocycles. The van der Waals surface area contributed by atoms with Crippen molar-refractivity contribution in [3.8, 4) is 34.1 Å². The van der Waals surface area contributed by atoms with E-state index in [0.29, 0.717) is 17.1 Å². The monoisotopic (exact) mass is 490 g/mol. The lowest BCUT2D eigenvalue weighted by Crippen LogP contribution is -2.60. The van der Waals surface area contributed by atoms with E-state index in [1.165, 1.54) is 39.7 Å². The Bertz CT molecular complexity index is 1250. The van der Waals surface area contributed by atoms with Crippen LogP contribution < -0.4 is 24.4 Å². The van der Waals surface area contributed by atoms with E-state index in [2.05, 4.69) is 0 Å². The van der Waals surface area contributed by atoms with Gasteiger partial charge in [-0.3, -0.25) is 4.79 Å². The highest BCUT2D eigenvalue weighted by Gasteiger charge is 2.45. The molecule has 35 heavy (non-hydrogen) atoms. The van der Waals surface area contributed by atoms with Crippen molar-refractivity contribution in [3.05, 3.63) is 46.8 Å². The lowest BCUT2D eigenvalue weighted by molar-refractivity contribution is -0.277. The van der Waals surface area contributed by atoms with Gasteiger partial charge in [-0.25, -0.2) is 0 Å². The molecule has 0 bridgehead atoms. The Kier molecular flexibility index (Phi) is 7.15. The highest BCUT2D eigenvalue weighted by atomic mass is 16.7. The molecule has 11 nitrogen and oxygen atoms in total. The first-order valence-corrected chi connectivity index (χ1v) is 10.7. The fourth-order valence-corrected chi connectivity index (χ4v) is 3.88. The molecule has 5 atom stereocenters. The molecular weight excluding hydrogens is 464 g/mol. The van der Waals surface area contributed by atoms with E-state index in [-0.39, 0.29) is 33.5 Å². The highest BCUT2D eigenvalue weighted by Crippen LogP contribution is 2.36. The van der Waals surface area contributed by atoms with E-state index in [4.69, 9.17) is 28.1 Å². The average molecular weight is 490 g/mol. The quantitative estimate of drug-likeness (QED) is 0.369. The predicted molar refractivity (Wildman–Crippen MR) is 122 cm³/mol. The predicted octanol–water partition coefficient (Wildman–Crippen LogP) is 0.665. The van der Waals surface area contributed by atoms with Crippen LogP contribution in [0.3, 0.4) is 0 Å². The van der Waals surface area contributed by atoms with Gasteiger partial charge in [0, 0.05) is 6.07 Å². The van der Waals surface area contributed by atoms with Crippen LogP contribution in [0.4, 0.5) is 0 Å². The molecule has 0 aliphatic carbocycles. The molecule has 0 spiro atoms. The van der Waals surface area contributed by atoms with Crippen molar-refractivity contribution >= 4 is 11.0 Å². The third-order valence-electron chi connectivity index (χ3n) is 5.84. The number of rotatable bonds is 7. The van der Waals surface area contributed by atoms with Crippen molar-refractivity contribution < 1.29 is 48.5 Å². The molecule has 0 radical (unpaired) electrons. The van der Waals surface area contributed by atoms with Crippen LogP contribution in [0.2, 0.25) is 0 Å². The van der Waals surface area contributed by atoms with Gasteiger partial charge in [0.1, 0.15) is 36.3 Å². The van der Waals surface area contributed by atoms with Crippen molar-refractivity contribution in [2.45, 2.75) is 30.7 Å². The Balaban J connectivity index is 1.72. The summed E-state index contributed by atoms with van der Waals surface area (Å²) >= 11 is 0. The normalized spacial score (nSPS) is 24.3. The molecule has 3 aromatic rings. The number of hydrogen-bond donors (Lipinski definition) is 4. The molecule has 1 aliphatic rings. The molecule has 1 fully saturated rings. The second-order valence-electron chi connectivity index (χ2n) is 7.86. The summed E-state index contributed by atoms with van der Waals surface area (Å²) in [4.78, 5) is 13.3. The average Bonchev–Trinajstić information content (AvgIpc) is 2.88. The zero-order valence-corrected chi connectivity index (χ0v) is 19.2. The van der Waals surface area contributed by atoms with Gasteiger partial charge in [0.15, 0.2) is 23.0 Å². The Hall–Kier alpha value is -3.35. The molecular formula is C24H26O11. The summed E-state index contributed by atoms with van der Waals surface area (Å²) in [6.45, 7) is -0.604. The van der Waals surface area contributed by atoms with Crippen molar-refractivity contribution in [1.82, 2.24) is 0 Å². The van der Waals surface area contributed by atoms with Gasteiger partial charge in [0.2, 0.25) is 11.7 Å². The molecule has 4 rings (SSSR count). The summed E-state index contributed by atoms with van der Waals surface area (Å²) in [6, 6.07) is 7.84. The van der Waals surface area contributed by atoms with Gasteiger partial charge in [0.25, 0.3) is 0 Å². The molecule has 1 saturated heterocycles. The van der Waals surface area contributed by atoms with E-state index in [1.54, 1.807) is 18.2 Å². The summed E-state index contributed by atoms with van der Waals surface area (Å²) in [5.41, 5.74) is 0.665. The fourth-order valence-electron chi connectivity index (χ4n) is 3.88. The van der Waals surface area contributed by atoms with Crippen LogP contribution >= 0.6 is 0 Å². The second-order valence-corrected chi connectivity index (χ2v) is 7.86. The summed E-state index contributed by atoms with van der Waals surface area (Å²) < 4.78 is 32.7. The van der Waals surface area contributed by atoms with Gasteiger partial charge in [-0.15, -0.1) is 0 Å². The maximum Gasteiger partial charge on any atom is 0.229 e. The van der Waals surface area contributed by atoms with Crippen molar-refractivity contribution in [2.24, 2.45) is 0 Å². The molecule has 4 N–H and O–H groups in total. The minimum Gasteiger partial charge on any atom is -0.493 e. The lowest BCUT2D eigenvalue weighted by Gasteiger charge is -2.39. The van der Waals surface area contributed by atoms with Crippen LogP contribution in [0.25, 0.3) is 22.1 Å². The first-order chi connectivity index (χ1) is 16.8. The van der Waals surface area contributed by atoms with E-state index < -0.39 is 37.3 Å². The summed E-state index contributed by atoms with van der Waals surface area (Å²) in [5, 5.41) is 39.8. The molecule has 0 saturated carbocycles. The van der Waals surface area contributed by atoms with E-state index >= 15 is 0 Å². The van der Waals surface area contributed by atoms with Gasteiger partial charge in [0.05, 0.1) is 38.9 Å². The zero-order chi connectivity index (χ0) is 25.3. The van der Waals surface area contributed by atoms with Crippen LogP contribution in [-0.4, -0.2) is 79.1 Å². The second kappa shape index (κ2) is 10.1. The standard InChI is InChI=1S/C24H26O11/c1-30-14-5-4-11(6-16(14)31-2)13-10-33-15-8-18(17(32-3)7-12(15)20(13)26)34-24-23(29)22(28)21(27)19(9-25)35-24/h4-8,10,19,21-25,27-29H,9H2,1-3H3/t19-,21+,22+,23+,24-/m0/s1. The van der Waals surface area contributed by atoms with Gasteiger partial charge in [-0.05, 0) is 23.8 Å². The smallest absolute Gasteiger partial charge is 0.229 e. The number of hydrogen-bond acceptors (Lipinski definition) is 11. The SMILES string of the molecule is COc1ccc(-c2coc3cc(O[C@H]4O[C@@H](CO)[C@@H](O)[C@@H](O)[C@H]4O)c(OC)cc3c2=O)cc1OC. The van der Waals surface area contributed by atoms with Crippen molar-refractivity contribution in [2.75, 3.05) is 27.9 Å². The summed E-state index contributed by atoms with van der Waals surface area (Å²) in [5.74, 6) is 1.14. The fraction of sp³-hybridized carbons (Fsp3) is 0.375. The molecule has 1 aliphatic heterocycles. The minimum absolute atomic E-state index is 0.0475. The van der Waals surface area contributed by atoms with Crippen LogP contribution in [0, 0.1) is 0 Å². The largest absolute Gasteiger partial charge is 0.493 e. The maximum atomic E-state index is 13.3. The number of aliphatic hydroxyl groups excluding tert-OH is 4. The van der Waals surface area contributed by atoms with Gasteiger partial charge in [-0.1, -0.05) is 6.07 Å². The van der Waals surface area contributed by atoms with Gasteiger partial charge < -0.3 is 48.5 Å². The molecule has 0 unspecified atom stereocenters. The first kappa shape index (κ1) is 24.8. The Morgan fingerprint density at radius 1 is 0.857 bits per heavy atom. The molecule has 2 aromatic carbocycles. The van der Waals surface area contributed by atoms with Crippen LogP contribution in [0.15, 0.2) is 45.8 Å². The Morgan fingerprint density at radius 3 is 2.20 bits per heavy atom.